The summed E-state index contributed by atoms with van der Waals surface area (Å²) in [5.74, 6) is -0.797. The Hall–Kier alpha value is -1.67. The second-order valence-electron chi connectivity index (χ2n) is 6.17. The van der Waals surface area contributed by atoms with Gasteiger partial charge in [-0.3, -0.25) is 4.79 Å². The molecule has 2 rings (SSSR count). The lowest BCUT2D eigenvalue weighted by Gasteiger charge is -2.19. The fourth-order valence-electron chi connectivity index (χ4n) is 2.11. The van der Waals surface area contributed by atoms with Gasteiger partial charge in [0.2, 0.25) is 0 Å². The first kappa shape index (κ1) is 15.7. The zero-order valence-electron chi connectivity index (χ0n) is 12.4. The maximum Gasteiger partial charge on any atom is 0.170 e. The van der Waals surface area contributed by atoms with Crippen molar-refractivity contribution in [1.82, 2.24) is 0 Å². The smallest absolute Gasteiger partial charge is 0.170 e. The maximum atomic E-state index is 13.7. The number of Topliss-reactive ketones (excluding diaryl/α,β-unsaturated/α-hetero) is 1. The minimum Gasteiger partial charge on any atom is -0.294 e. The van der Waals surface area contributed by atoms with Crippen LogP contribution in [-0.2, 0) is 11.8 Å². The van der Waals surface area contributed by atoms with Crippen LogP contribution >= 0.6 is 11.6 Å². The van der Waals surface area contributed by atoms with Gasteiger partial charge in [0.05, 0.1) is 5.56 Å². The van der Waals surface area contributed by atoms with Crippen LogP contribution in [0.4, 0.5) is 4.39 Å². The highest BCUT2D eigenvalue weighted by Crippen LogP contribution is 2.23. The molecule has 0 heterocycles. The van der Waals surface area contributed by atoms with Crippen LogP contribution in [0.5, 0.6) is 0 Å². The van der Waals surface area contributed by atoms with Gasteiger partial charge in [-0.1, -0.05) is 56.6 Å². The van der Waals surface area contributed by atoms with Gasteiger partial charge in [-0.25, -0.2) is 4.39 Å². The molecule has 3 heteroatoms. The Kier molecular flexibility index (Phi) is 4.48. The minimum atomic E-state index is -0.532. The molecule has 2 aromatic rings. The highest BCUT2D eigenvalue weighted by Gasteiger charge is 2.15. The number of rotatable bonds is 3. The summed E-state index contributed by atoms with van der Waals surface area (Å²) in [5, 5.41) is 0.364. The number of hydrogen-bond acceptors (Lipinski definition) is 1. The highest BCUT2D eigenvalue weighted by atomic mass is 35.5. The van der Waals surface area contributed by atoms with Crippen LogP contribution in [0.1, 0.15) is 42.3 Å². The van der Waals surface area contributed by atoms with E-state index in [1.165, 1.54) is 23.8 Å². The van der Waals surface area contributed by atoms with Gasteiger partial charge < -0.3 is 0 Å². The van der Waals surface area contributed by atoms with Crippen LogP contribution in [0.3, 0.4) is 0 Å². The van der Waals surface area contributed by atoms with E-state index in [1.807, 2.05) is 24.3 Å². The lowest BCUT2D eigenvalue weighted by molar-refractivity contribution is 0.0989. The van der Waals surface area contributed by atoms with Gasteiger partial charge in [0.1, 0.15) is 5.82 Å². The number of hydrogen-bond donors (Lipinski definition) is 0. The molecule has 0 unspecified atom stereocenters. The van der Waals surface area contributed by atoms with E-state index in [0.29, 0.717) is 5.02 Å². The van der Waals surface area contributed by atoms with E-state index in [4.69, 9.17) is 11.6 Å². The summed E-state index contributed by atoms with van der Waals surface area (Å²) in [5.41, 5.74) is 2.18. The van der Waals surface area contributed by atoms with Gasteiger partial charge in [0.25, 0.3) is 0 Å². The Morgan fingerprint density at radius 3 is 2.29 bits per heavy atom. The first-order valence-electron chi connectivity index (χ1n) is 6.85. The number of benzene rings is 2. The van der Waals surface area contributed by atoms with E-state index in [1.54, 1.807) is 0 Å². The third-order valence-electron chi connectivity index (χ3n) is 3.41. The van der Waals surface area contributed by atoms with E-state index in [-0.39, 0.29) is 23.2 Å². The molecule has 0 bridgehead atoms. The summed E-state index contributed by atoms with van der Waals surface area (Å²) in [7, 11) is 0. The molecule has 110 valence electrons. The monoisotopic (exact) mass is 304 g/mol. The largest absolute Gasteiger partial charge is 0.294 e. The number of carbonyl (C=O) groups is 1. The van der Waals surface area contributed by atoms with Gasteiger partial charge in [0, 0.05) is 11.4 Å². The molecular formula is C18H18ClFO. The summed E-state index contributed by atoms with van der Waals surface area (Å²) >= 11 is 5.82. The summed E-state index contributed by atoms with van der Waals surface area (Å²) in [6.07, 6.45) is 0.168. The maximum absolute atomic E-state index is 13.7. The van der Waals surface area contributed by atoms with Crippen LogP contribution < -0.4 is 0 Å². The Morgan fingerprint density at radius 1 is 1.10 bits per heavy atom. The number of carbonyl (C=O) groups excluding carboxylic acids is 1. The van der Waals surface area contributed by atoms with Crippen LogP contribution in [-0.4, -0.2) is 5.78 Å². The molecule has 0 saturated carbocycles. The van der Waals surface area contributed by atoms with Crippen molar-refractivity contribution in [2.45, 2.75) is 32.6 Å². The van der Waals surface area contributed by atoms with Crippen LogP contribution in [0.15, 0.2) is 42.5 Å². The zero-order valence-corrected chi connectivity index (χ0v) is 13.2. The van der Waals surface area contributed by atoms with Gasteiger partial charge in [-0.2, -0.15) is 0 Å². The standard InChI is InChI=1S/C18H18ClFO/c1-18(2,3)13-6-4-12(5-7-13)10-17(21)15-11-14(19)8-9-16(15)20/h4-9,11H,10H2,1-3H3. The minimum absolute atomic E-state index is 0.0439. The van der Waals surface area contributed by atoms with Crippen molar-refractivity contribution in [1.29, 1.82) is 0 Å². The second kappa shape index (κ2) is 5.98. The molecule has 0 amide bonds. The molecule has 0 aliphatic carbocycles. The summed E-state index contributed by atoms with van der Waals surface area (Å²) in [6, 6.07) is 11.9. The van der Waals surface area contributed by atoms with E-state index in [0.717, 1.165) is 5.56 Å². The van der Waals surface area contributed by atoms with E-state index >= 15 is 0 Å². The van der Waals surface area contributed by atoms with E-state index in [2.05, 4.69) is 20.8 Å². The van der Waals surface area contributed by atoms with Crippen LogP contribution in [0.2, 0.25) is 5.02 Å². The molecule has 0 aliphatic rings. The Balaban J connectivity index is 2.18. The Labute approximate surface area is 129 Å². The molecule has 1 nitrogen and oxygen atoms in total. The summed E-state index contributed by atoms with van der Waals surface area (Å²) in [4.78, 5) is 12.2. The van der Waals surface area contributed by atoms with Crippen molar-refractivity contribution in [2.75, 3.05) is 0 Å². The molecule has 0 aliphatic heterocycles. The molecule has 0 atom stereocenters. The number of ketones is 1. The van der Waals surface area contributed by atoms with E-state index in [9.17, 15) is 9.18 Å². The van der Waals surface area contributed by atoms with Gasteiger partial charge in [-0.05, 0) is 34.7 Å². The molecular weight excluding hydrogens is 287 g/mol. The van der Waals surface area contributed by atoms with Crippen LogP contribution in [0, 0.1) is 5.82 Å². The molecule has 0 saturated heterocycles. The molecule has 21 heavy (non-hydrogen) atoms. The molecule has 0 spiro atoms. The average molecular weight is 305 g/mol. The van der Waals surface area contributed by atoms with Crippen molar-refractivity contribution in [3.63, 3.8) is 0 Å². The predicted molar refractivity (Wildman–Crippen MR) is 84.6 cm³/mol. The highest BCUT2D eigenvalue weighted by molar-refractivity contribution is 6.31. The Bertz CT molecular complexity index is 654. The van der Waals surface area contributed by atoms with Crippen molar-refractivity contribution in [3.8, 4) is 0 Å². The molecule has 0 aromatic heterocycles. The van der Waals surface area contributed by atoms with Crippen molar-refractivity contribution >= 4 is 17.4 Å². The van der Waals surface area contributed by atoms with E-state index < -0.39 is 5.82 Å². The first-order chi connectivity index (χ1) is 9.77. The van der Waals surface area contributed by atoms with Gasteiger partial charge >= 0.3 is 0 Å². The first-order valence-corrected chi connectivity index (χ1v) is 7.23. The number of halogens is 2. The molecule has 0 fully saturated rings. The normalized spacial score (nSPS) is 11.5. The third kappa shape index (κ3) is 3.92. The second-order valence-corrected chi connectivity index (χ2v) is 6.61. The summed E-state index contributed by atoms with van der Waals surface area (Å²) < 4.78 is 13.7. The fraction of sp³-hybridized carbons (Fsp3) is 0.278. The van der Waals surface area contributed by atoms with Crippen molar-refractivity contribution < 1.29 is 9.18 Å². The SMILES string of the molecule is CC(C)(C)c1ccc(CC(=O)c2cc(Cl)ccc2F)cc1. The fourth-order valence-corrected chi connectivity index (χ4v) is 2.29. The van der Waals surface area contributed by atoms with Crippen molar-refractivity contribution in [3.05, 3.63) is 70.0 Å². The zero-order chi connectivity index (χ0) is 15.6. The Morgan fingerprint density at radius 2 is 1.71 bits per heavy atom. The molecule has 0 N–H and O–H groups in total. The molecule has 0 radical (unpaired) electrons. The predicted octanol–water partition coefficient (Wildman–Crippen LogP) is 5.20. The van der Waals surface area contributed by atoms with Gasteiger partial charge in [0.15, 0.2) is 5.78 Å². The average Bonchev–Trinajstić information content (AvgIpc) is 2.41. The quantitative estimate of drug-likeness (QED) is 0.712. The van der Waals surface area contributed by atoms with Crippen molar-refractivity contribution in [2.24, 2.45) is 0 Å². The lowest BCUT2D eigenvalue weighted by atomic mass is 9.86. The summed E-state index contributed by atoms with van der Waals surface area (Å²) in [6.45, 7) is 6.40. The third-order valence-corrected chi connectivity index (χ3v) is 3.65. The van der Waals surface area contributed by atoms with Gasteiger partial charge in [-0.15, -0.1) is 0 Å². The lowest BCUT2D eigenvalue weighted by Crippen LogP contribution is -2.11. The molecule has 2 aromatic carbocycles. The van der Waals surface area contributed by atoms with Crippen LogP contribution in [0.25, 0.3) is 0 Å². The topological polar surface area (TPSA) is 17.1 Å².